The second-order valence-electron chi connectivity index (χ2n) is 4.13. The Hall–Kier alpha value is -0.600. The summed E-state index contributed by atoms with van der Waals surface area (Å²) < 4.78 is 14.1. The van der Waals surface area contributed by atoms with Crippen molar-refractivity contribution in [1.29, 1.82) is 0 Å². The minimum atomic E-state index is -1.83. The van der Waals surface area contributed by atoms with Gasteiger partial charge in [-0.25, -0.2) is 4.39 Å². The summed E-state index contributed by atoms with van der Waals surface area (Å²) in [5.41, 5.74) is 3.25. The Morgan fingerprint density at radius 3 is 2.15 bits per heavy atom. The van der Waals surface area contributed by atoms with Gasteiger partial charge in [0.25, 0.3) is 5.91 Å². The number of amides is 1. The summed E-state index contributed by atoms with van der Waals surface area (Å²) in [4.78, 5) is 11.0. The molecule has 0 aliphatic carbocycles. The molecule has 13 heavy (non-hydrogen) atoms. The van der Waals surface area contributed by atoms with E-state index in [4.69, 9.17) is 5.73 Å². The van der Waals surface area contributed by atoms with Crippen LogP contribution in [0.25, 0.3) is 0 Å². The van der Waals surface area contributed by atoms with Crippen LogP contribution in [-0.2, 0) is 4.79 Å². The van der Waals surface area contributed by atoms with Crippen LogP contribution < -0.4 is 5.73 Å². The summed E-state index contributed by atoms with van der Waals surface area (Å²) in [6, 6.07) is 0. The molecule has 78 valence electrons. The summed E-state index contributed by atoms with van der Waals surface area (Å²) >= 11 is 0. The lowest BCUT2D eigenvalue weighted by atomic mass is 9.81. The van der Waals surface area contributed by atoms with Gasteiger partial charge in [0, 0.05) is 0 Å². The van der Waals surface area contributed by atoms with Crippen molar-refractivity contribution >= 4 is 5.91 Å². The predicted molar refractivity (Wildman–Crippen MR) is 51.9 cm³/mol. The number of hydrogen-bond acceptors (Lipinski definition) is 1. The van der Waals surface area contributed by atoms with Crippen molar-refractivity contribution in [3.8, 4) is 0 Å². The average Bonchev–Trinajstić information content (AvgIpc) is 2.01. The van der Waals surface area contributed by atoms with Gasteiger partial charge in [0.15, 0.2) is 5.67 Å². The molecule has 0 aromatic rings. The third-order valence-corrected chi connectivity index (χ3v) is 2.51. The molecule has 0 aromatic heterocycles. The maximum absolute atomic E-state index is 14.1. The zero-order valence-corrected chi connectivity index (χ0v) is 8.93. The Balaban J connectivity index is 4.62. The average molecular weight is 189 g/mol. The van der Waals surface area contributed by atoms with Gasteiger partial charge in [0.2, 0.25) is 0 Å². The normalized spacial score (nSPS) is 18.3. The lowest BCUT2D eigenvalue weighted by Crippen LogP contribution is -2.46. The maximum Gasteiger partial charge on any atom is 0.255 e. The molecule has 0 bridgehead atoms. The van der Waals surface area contributed by atoms with E-state index in [1.807, 2.05) is 20.8 Å². The van der Waals surface area contributed by atoms with Crippen LogP contribution in [-0.4, -0.2) is 11.6 Å². The number of halogens is 1. The molecular weight excluding hydrogens is 169 g/mol. The molecule has 0 aromatic carbocycles. The molecule has 0 spiro atoms. The Morgan fingerprint density at radius 2 is 1.92 bits per heavy atom. The van der Waals surface area contributed by atoms with E-state index in [1.165, 1.54) is 0 Å². The minimum absolute atomic E-state index is 0.145. The van der Waals surface area contributed by atoms with Gasteiger partial charge in [-0.1, -0.05) is 27.7 Å². The van der Waals surface area contributed by atoms with Gasteiger partial charge in [-0.15, -0.1) is 0 Å². The van der Waals surface area contributed by atoms with Gasteiger partial charge < -0.3 is 5.73 Å². The first-order valence-electron chi connectivity index (χ1n) is 4.83. The monoisotopic (exact) mass is 189 g/mol. The molecule has 0 rings (SSSR count). The lowest BCUT2D eigenvalue weighted by molar-refractivity contribution is -0.134. The van der Waals surface area contributed by atoms with Crippen LogP contribution in [0.15, 0.2) is 0 Å². The minimum Gasteiger partial charge on any atom is -0.367 e. The van der Waals surface area contributed by atoms with Crippen molar-refractivity contribution in [3.05, 3.63) is 0 Å². The highest BCUT2D eigenvalue weighted by molar-refractivity contribution is 5.83. The summed E-state index contributed by atoms with van der Waals surface area (Å²) in [6.45, 7) is 7.37. The first kappa shape index (κ1) is 12.4. The van der Waals surface area contributed by atoms with Gasteiger partial charge in [-0.05, 0) is 24.7 Å². The van der Waals surface area contributed by atoms with Crippen molar-refractivity contribution in [1.82, 2.24) is 0 Å². The quantitative estimate of drug-likeness (QED) is 0.708. The van der Waals surface area contributed by atoms with E-state index in [2.05, 4.69) is 0 Å². The fourth-order valence-corrected chi connectivity index (χ4v) is 1.46. The van der Waals surface area contributed by atoms with Gasteiger partial charge in [-0.2, -0.15) is 0 Å². The van der Waals surface area contributed by atoms with Crippen LogP contribution in [0.5, 0.6) is 0 Å². The highest BCUT2D eigenvalue weighted by atomic mass is 19.1. The molecule has 2 N–H and O–H groups in total. The van der Waals surface area contributed by atoms with E-state index in [9.17, 15) is 9.18 Å². The number of hydrogen-bond donors (Lipinski definition) is 1. The number of carbonyl (C=O) groups is 1. The predicted octanol–water partition coefficient (Wildman–Crippen LogP) is 2.27. The van der Waals surface area contributed by atoms with Gasteiger partial charge in [-0.3, -0.25) is 4.79 Å². The summed E-state index contributed by atoms with van der Waals surface area (Å²) in [6.07, 6.45) is 0.851. The van der Waals surface area contributed by atoms with Gasteiger partial charge >= 0.3 is 0 Å². The van der Waals surface area contributed by atoms with Crippen molar-refractivity contribution in [3.63, 3.8) is 0 Å². The van der Waals surface area contributed by atoms with E-state index >= 15 is 0 Å². The molecule has 2 nitrogen and oxygen atoms in total. The van der Waals surface area contributed by atoms with Crippen LogP contribution in [0.3, 0.4) is 0 Å². The molecule has 0 radical (unpaired) electrons. The van der Waals surface area contributed by atoms with Crippen molar-refractivity contribution in [2.75, 3.05) is 0 Å². The third kappa shape index (κ3) is 2.98. The van der Waals surface area contributed by atoms with Crippen molar-refractivity contribution in [2.45, 2.75) is 46.2 Å². The van der Waals surface area contributed by atoms with E-state index in [0.717, 1.165) is 0 Å². The first-order valence-corrected chi connectivity index (χ1v) is 4.83. The van der Waals surface area contributed by atoms with Crippen LogP contribution in [0.2, 0.25) is 0 Å². The zero-order valence-electron chi connectivity index (χ0n) is 8.93. The topological polar surface area (TPSA) is 43.1 Å². The molecule has 0 aliphatic heterocycles. The number of alkyl halides is 1. The Bertz CT molecular complexity index is 182. The summed E-state index contributed by atoms with van der Waals surface area (Å²) in [5, 5.41) is 0. The highest BCUT2D eigenvalue weighted by Gasteiger charge is 2.41. The van der Waals surface area contributed by atoms with Crippen LogP contribution in [0, 0.1) is 11.8 Å². The molecule has 0 aliphatic rings. The van der Waals surface area contributed by atoms with Crippen molar-refractivity contribution < 1.29 is 9.18 Å². The SMILES string of the molecule is CCC(C)C(F)(CC(C)C)C(N)=O. The fraction of sp³-hybridized carbons (Fsp3) is 0.900. The third-order valence-electron chi connectivity index (χ3n) is 2.51. The number of rotatable bonds is 5. The van der Waals surface area contributed by atoms with E-state index in [1.54, 1.807) is 6.92 Å². The second kappa shape index (κ2) is 4.58. The van der Waals surface area contributed by atoms with Crippen LogP contribution in [0.4, 0.5) is 4.39 Å². The molecule has 3 heteroatoms. The second-order valence-corrected chi connectivity index (χ2v) is 4.13. The number of primary amides is 1. The lowest BCUT2D eigenvalue weighted by Gasteiger charge is -2.29. The fourth-order valence-electron chi connectivity index (χ4n) is 1.46. The van der Waals surface area contributed by atoms with Gasteiger partial charge in [0.1, 0.15) is 0 Å². The Labute approximate surface area is 79.7 Å². The van der Waals surface area contributed by atoms with Crippen LogP contribution >= 0.6 is 0 Å². The number of carbonyl (C=O) groups excluding carboxylic acids is 1. The maximum atomic E-state index is 14.1. The van der Waals surface area contributed by atoms with E-state index < -0.39 is 11.6 Å². The molecular formula is C10H20FNO. The largest absolute Gasteiger partial charge is 0.367 e. The van der Waals surface area contributed by atoms with Crippen molar-refractivity contribution in [2.24, 2.45) is 17.6 Å². The van der Waals surface area contributed by atoms with Crippen LogP contribution in [0.1, 0.15) is 40.5 Å². The summed E-state index contributed by atoms with van der Waals surface area (Å²) in [5.74, 6) is -0.977. The molecule has 0 fully saturated rings. The first-order chi connectivity index (χ1) is 5.84. The number of nitrogens with two attached hydrogens (primary N) is 1. The zero-order chi connectivity index (χ0) is 10.6. The standard InChI is InChI=1S/C10H20FNO/c1-5-8(4)10(11,9(12)13)6-7(2)3/h7-8H,5-6H2,1-4H3,(H2,12,13). The summed E-state index contributed by atoms with van der Waals surface area (Å²) in [7, 11) is 0. The Kier molecular flexibility index (Phi) is 4.37. The Morgan fingerprint density at radius 1 is 1.46 bits per heavy atom. The molecule has 2 atom stereocenters. The van der Waals surface area contributed by atoms with E-state index in [-0.39, 0.29) is 18.3 Å². The molecule has 0 saturated carbocycles. The van der Waals surface area contributed by atoms with E-state index in [0.29, 0.717) is 6.42 Å². The van der Waals surface area contributed by atoms with Gasteiger partial charge in [0.05, 0.1) is 0 Å². The smallest absolute Gasteiger partial charge is 0.255 e. The molecule has 2 unspecified atom stereocenters. The highest BCUT2D eigenvalue weighted by Crippen LogP contribution is 2.31. The molecule has 0 saturated heterocycles. The molecule has 0 heterocycles. The molecule has 1 amide bonds.